The number of hydrogen-bond donors (Lipinski definition) is 0. The number of rotatable bonds is 3. The molecule has 0 saturated heterocycles. The predicted octanol–water partition coefficient (Wildman–Crippen LogP) is 3.49. The topological polar surface area (TPSA) is 71.1 Å². The molecule has 0 aromatic heterocycles. The minimum absolute atomic E-state index is 0.211. The van der Waals surface area contributed by atoms with Gasteiger partial charge in [0.25, 0.3) is 0 Å². The van der Waals surface area contributed by atoms with Crippen LogP contribution in [0, 0.1) is 10.4 Å². The fourth-order valence-electron chi connectivity index (χ4n) is 2.28. The van der Waals surface area contributed by atoms with Crippen molar-refractivity contribution >= 4 is 11.4 Å². The van der Waals surface area contributed by atoms with E-state index in [0.717, 1.165) is 5.06 Å². The molecule has 2 rings (SSSR count). The second-order valence-corrected chi connectivity index (χ2v) is 4.52. The summed E-state index contributed by atoms with van der Waals surface area (Å²) in [6, 6.07) is 4.91. The number of anilines is 2. The number of hydrogen-bond acceptors (Lipinski definition) is 6. The molecule has 1 aromatic rings. The van der Waals surface area contributed by atoms with E-state index in [2.05, 4.69) is 0 Å². The molecule has 6 heteroatoms. The quantitative estimate of drug-likeness (QED) is 0.793. The van der Waals surface area contributed by atoms with Crippen LogP contribution in [0.3, 0.4) is 0 Å². The number of benzene rings is 1. The van der Waals surface area contributed by atoms with Gasteiger partial charge in [-0.05, 0) is 25.5 Å². The molecule has 0 N–H and O–H groups in total. The van der Waals surface area contributed by atoms with Gasteiger partial charge in [0.05, 0.1) is 37.0 Å². The number of ether oxygens (including phenoxy) is 2. The van der Waals surface area contributed by atoms with Crippen LogP contribution in [-0.2, 0) is 4.74 Å². The third-order valence-electron chi connectivity index (χ3n) is 3.32. The number of fused-ring (bicyclic) bond motifs is 1. The van der Waals surface area contributed by atoms with Crippen LogP contribution >= 0.6 is 0 Å². The summed E-state index contributed by atoms with van der Waals surface area (Å²) < 4.78 is 10.4. The number of hydroxylamine groups is 2. The summed E-state index contributed by atoms with van der Waals surface area (Å²) in [5, 5.41) is 26.7. The van der Waals surface area contributed by atoms with Gasteiger partial charge in [-0.2, -0.15) is 0 Å². The average Bonchev–Trinajstić information content (AvgIpc) is 2.51. The minimum atomic E-state index is 0.211. The van der Waals surface area contributed by atoms with Gasteiger partial charge in [0, 0.05) is 0 Å². The third-order valence-corrected chi connectivity index (χ3v) is 3.32. The minimum Gasteiger partial charge on any atom is -0.754 e. The van der Waals surface area contributed by atoms with E-state index >= 15 is 0 Å². The molecule has 0 aliphatic carbocycles. The van der Waals surface area contributed by atoms with Gasteiger partial charge in [-0.25, -0.2) is 0 Å². The summed E-state index contributed by atoms with van der Waals surface area (Å²) in [6.45, 7) is 3.55. The van der Waals surface area contributed by atoms with Crippen LogP contribution in [0.5, 0.6) is 5.75 Å². The normalized spacial score (nSPS) is 18.7. The van der Waals surface area contributed by atoms with E-state index in [9.17, 15) is 10.4 Å². The molecule has 6 nitrogen and oxygen atoms in total. The Bertz CT molecular complexity index is 595. The van der Waals surface area contributed by atoms with Gasteiger partial charge in [-0.3, -0.25) is 0 Å². The van der Waals surface area contributed by atoms with Crippen molar-refractivity contribution < 1.29 is 9.47 Å². The first kappa shape index (κ1) is 15.2. The highest BCUT2D eigenvalue weighted by Crippen LogP contribution is 2.47. The highest BCUT2D eigenvalue weighted by molar-refractivity contribution is 5.87. The molecule has 0 spiro atoms. The van der Waals surface area contributed by atoms with Crippen molar-refractivity contribution in [3.63, 3.8) is 0 Å². The second-order valence-electron chi connectivity index (χ2n) is 4.52. The van der Waals surface area contributed by atoms with Crippen molar-refractivity contribution in [2.75, 3.05) is 24.3 Å². The van der Waals surface area contributed by atoms with Crippen molar-refractivity contribution in [2.24, 2.45) is 0 Å². The SMILES string of the molecule is CCC=C1C(=C(C)OC)N([O-])c2cccc(OC)c2N1[O-]. The fourth-order valence-corrected chi connectivity index (χ4v) is 2.28. The maximum atomic E-state index is 12.7. The zero-order chi connectivity index (χ0) is 15.6. The zero-order valence-corrected chi connectivity index (χ0v) is 12.5. The smallest absolute Gasteiger partial charge is 0.143 e. The van der Waals surface area contributed by atoms with Gasteiger partial charge in [-0.1, -0.05) is 19.1 Å². The molecule has 1 heterocycles. The Balaban J connectivity index is 2.73. The van der Waals surface area contributed by atoms with Gasteiger partial charge in [-0.15, -0.1) is 0 Å². The Morgan fingerprint density at radius 3 is 2.52 bits per heavy atom. The molecule has 0 radical (unpaired) electrons. The molecular formula is C15H18N2O4-2. The number of methoxy groups -OCH3 is 2. The van der Waals surface area contributed by atoms with Gasteiger partial charge >= 0.3 is 0 Å². The summed E-state index contributed by atoms with van der Waals surface area (Å²) in [5.74, 6) is 0.749. The molecule has 0 atom stereocenters. The third kappa shape index (κ3) is 2.43. The van der Waals surface area contributed by atoms with Gasteiger partial charge < -0.3 is 30.0 Å². The molecule has 21 heavy (non-hydrogen) atoms. The Hall–Kier alpha value is -2.18. The first-order valence-electron chi connectivity index (χ1n) is 6.63. The first-order chi connectivity index (χ1) is 10.1. The van der Waals surface area contributed by atoms with Crippen LogP contribution in [-0.4, -0.2) is 14.2 Å². The lowest BCUT2D eigenvalue weighted by Gasteiger charge is -2.49. The Kier molecular flexibility index (Phi) is 4.40. The molecule has 1 aliphatic rings. The molecule has 0 unspecified atom stereocenters. The maximum Gasteiger partial charge on any atom is 0.143 e. The largest absolute Gasteiger partial charge is 0.754 e. The maximum absolute atomic E-state index is 12.7. The number of nitrogens with zero attached hydrogens (tertiary/aromatic N) is 2. The van der Waals surface area contributed by atoms with Gasteiger partial charge in [0.15, 0.2) is 0 Å². The lowest BCUT2D eigenvalue weighted by atomic mass is 10.1. The Labute approximate surface area is 124 Å². The molecule has 0 fully saturated rings. The molecule has 0 amide bonds. The van der Waals surface area contributed by atoms with Crippen molar-refractivity contribution in [3.05, 3.63) is 51.8 Å². The average molecular weight is 290 g/mol. The van der Waals surface area contributed by atoms with E-state index in [1.54, 1.807) is 31.2 Å². The van der Waals surface area contributed by atoms with Crippen LogP contribution in [0.15, 0.2) is 41.4 Å². The predicted molar refractivity (Wildman–Crippen MR) is 82.8 cm³/mol. The Morgan fingerprint density at radius 2 is 1.95 bits per heavy atom. The number of para-hydroxylation sites is 1. The molecule has 1 aliphatic heterocycles. The monoisotopic (exact) mass is 290 g/mol. The molecule has 114 valence electrons. The summed E-state index contributed by atoms with van der Waals surface area (Å²) in [4.78, 5) is 0. The molecule has 1 aromatic carbocycles. The summed E-state index contributed by atoms with van der Waals surface area (Å²) in [5.41, 5.74) is 0.935. The highest BCUT2D eigenvalue weighted by Gasteiger charge is 2.26. The summed E-state index contributed by atoms with van der Waals surface area (Å²) >= 11 is 0. The van der Waals surface area contributed by atoms with Crippen LogP contribution < -0.4 is 14.9 Å². The zero-order valence-electron chi connectivity index (χ0n) is 12.5. The van der Waals surface area contributed by atoms with Crippen LogP contribution in [0.1, 0.15) is 20.3 Å². The first-order valence-corrected chi connectivity index (χ1v) is 6.63. The van der Waals surface area contributed by atoms with Crippen molar-refractivity contribution in [1.82, 2.24) is 0 Å². The van der Waals surface area contributed by atoms with Gasteiger partial charge in [0.2, 0.25) is 0 Å². The van der Waals surface area contributed by atoms with Crippen molar-refractivity contribution in [2.45, 2.75) is 20.3 Å². The van der Waals surface area contributed by atoms with Crippen LogP contribution in [0.25, 0.3) is 0 Å². The highest BCUT2D eigenvalue weighted by atomic mass is 16.5. The lowest BCUT2D eigenvalue weighted by Crippen LogP contribution is -2.32. The second kappa shape index (κ2) is 6.07. The van der Waals surface area contributed by atoms with E-state index in [-0.39, 0.29) is 22.8 Å². The van der Waals surface area contributed by atoms with E-state index < -0.39 is 0 Å². The lowest BCUT2D eigenvalue weighted by molar-refractivity contribution is 0.288. The van der Waals surface area contributed by atoms with Crippen molar-refractivity contribution in [3.8, 4) is 5.75 Å². The molecule has 0 saturated carbocycles. The summed E-state index contributed by atoms with van der Waals surface area (Å²) in [7, 11) is 2.93. The number of allylic oxidation sites excluding steroid dienone is 2. The van der Waals surface area contributed by atoms with Crippen molar-refractivity contribution in [1.29, 1.82) is 0 Å². The molecular weight excluding hydrogens is 272 g/mol. The van der Waals surface area contributed by atoms with Gasteiger partial charge in [0.1, 0.15) is 11.5 Å². The fraction of sp³-hybridized carbons (Fsp3) is 0.333. The Morgan fingerprint density at radius 1 is 1.24 bits per heavy atom. The van der Waals surface area contributed by atoms with Crippen LogP contribution in [0.4, 0.5) is 11.4 Å². The van der Waals surface area contributed by atoms with E-state index in [0.29, 0.717) is 23.0 Å². The van der Waals surface area contributed by atoms with E-state index in [1.807, 2.05) is 6.92 Å². The van der Waals surface area contributed by atoms with E-state index in [4.69, 9.17) is 9.47 Å². The summed E-state index contributed by atoms with van der Waals surface area (Å²) in [6.07, 6.45) is 2.32. The van der Waals surface area contributed by atoms with Crippen LogP contribution in [0.2, 0.25) is 0 Å². The van der Waals surface area contributed by atoms with E-state index in [1.165, 1.54) is 14.2 Å². The standard InChI is InChI=1S/C15H18N2O4/c1-5-7-11-14(10(2)20-3)16(18)12-8-6-9-13(21-4)15(12)17(11)19/h6-9H,5H2,1-4H3/q-2. The molecule has 0 bridgehead atoms.